The van der Waals surface area contributed by atoms with Crippen LogP contribution in [0.25, 0.3) is 0 Å². The number of esters is 1. The summed E-state index contributed by atoms with van der Waals surface area (Å²) in [6.07, 6.45) is 0. The van der Waals surface area contributed by atoms with Gasteiger partial charge in [0.05, 0.1) is 45.4 Å². The van der Waals surface area contributed by atoms with Crippen LogP contribution < -0.4 is 4.74 Å². The zero-order valence-electron chi connectivity index (χ0n) is 15.2. The second-order valence-electron chi connectivity index (χ2n) is 5.37. The number of carboxylic acid groups (broad SMARTS) is 1. The van der Waals surface area contributed by atoms with E-state index < -0.39 is 11.9 Å². The number of halogens is 4. The van der Waals surface area contributed by atoms with Crippen LogP contribution in [-0.2, 0) is 4.74 Å². The highest BCUT2D eigenvalue weighted by atomic mass is 35.5. The third-order valence-corrected chi connectivity index (χ3v) is 5.56. The number of methoxy groups -OCH3 is 2. The van der Waals surface area contributed by atoms with E-state index in [0.29, 0.717) is 21.9 Å². The van der Waals surface area contributed by atoms with E-state index in [-0.39, 0.29) is 31.9 Å². The molecule has 28 heavy (non-hydrogen) atoms. The first-order valence-corrected chi connectivity index (χ1v) is 9.00. The third-order valence-electron chi connectivity index (χ3n) is 3.64. The second-order valence-corrected chi connectivity index (χ2v) is 6.88. The number of aromatic hydroxyl groups is 1. The molecule has 2 aromatic carbocycles. The Kier molecular flexibility index (Phi) is 8.70. The predicted molar refractivity (Wildman–Crippen MR) is 109 cm³/mol. The molecule has 0 spiro atoms. The summed E-state index contributed by atoms with van der Waals surface area (Å²) in [6, 6.07) is 2.49. The first-order chi connectivity index (χ1) is 13.0. The number of aromatic carboxylic acids is 1. The van der Waals surface area contributed by atoms with Gasteiger partial charge in [0.1, 0.15) is 11.5 Å². The van der Waals surface area contributed by atoms with Gasteiger partial charge in [-0.3, -0.25) is 0 Å². The number of hydrogen-bond acceptors (Lipinski definition) is 5. The first-order valence-electron chi connectivity index (χ1n) is 7.49. The fourth-order valence-electron chi connectivity index (χ4n) is 2.06. The number of carboxylic acids is 1. The van der Waals surface area contributed by atoms with Crippen LogP contribution in [0.4, 0.5) is 0 Å². The van der Waals surface area contributed by atoms with E-state index in [1.165, 1.54) is 27.2 Å². The fourth-order valence-corrected chi connectivity index (χ4v) is 2.99. The van der Waals surface area contributed by atoms with Crippen LogP contribution in [0.15, 0.2) is 12.1 Å². The van der Waals surface area contributed by atoms with Crippen molar-refractivity contribution in [1.82, 2.24) is 0 Å². The lowest BCUT2D eigenvalue weighted by molar-refractivity contribution is 0.0599. The van der Waals surface area contributed by atoms with Gasteiger partial charge in [-0.2, -0.15) is 0 Å². The summed E-state index contributed by atoms with van der Waals surface area (Å²) in [5.41, 5.74) is 1.05. The van der Waals surface area contributed by atoms with Crippen LogP contribution in [0.2, 0.25) is 20.1 Å². The van der Waals surface area contributed by atoms with Crippen LogP contribution in [0.5, 0.6) is 11.5 Å². The number of benzene rings is 2. The summed E-state index contributed by atoms with van der Waals surface area (Å²) >= 11 is 23.2. The van der Waals surface area contributed by atoms with E-state index in [0.717, 1.165) is 6.07 Å². The van der Waals surface area contributed by atoms with Gasteiger partial charge in [-0.1, -0.05) is 46.4 Å². The minimum Gasteiger partial charge on any atom is -0.506 e. The molecule has 2 rings (SSSR count). The van der Waals surface area contributed by atoms with Gasteiger partial charge in [0, 0.05) is 0 Å². The molecule has 0 saturated carbocycles. The van der Waals surface area contributed by atoms with Crippen LogP contribution in [0, 0.1) is 13.8 Å². The first kappa shape index (κ1) is 24.2. The Morgan fingerprint density at radius 1 is 0.857 bits per heavy atom. The van der Waals surface area contributed by atoms with Crippen LogP contribution in [0.1, 0.15) is 31.8 Å². The summed E-state index contributed by atoms with van der Waals surface area (Å²) in [5.74, 6) is -1.59. The zero-order valence-corrected chi connectivity index (χ0v) is 18.2. The number of carbonyl (C=O) groups is 2. The van der Waals surface area contributed by atoms with Crippen molar-refractivity contribution in [1.29, 1.82) is 0 Å². The quantitative estimate of drug-likeness (QED) is 0.551. The van der Waals surface area contributed by atoms with Crippen LogP contribution in [-0.4, -0.2) is 36.4 Å². The average molecular weight is 470 g/mol. The summed E-state index contributed by atoms with van der Waals surface area (Å²) in [7, 11) is 2.75. The molecule has 6 nitrogen and oxygen atoms in total. The maximum Gasteiger partial charge on any atom is 0.339 e. The second kappa shape index (κ2) is 10.1. The predicted octanol–water partition coefficient (Wildman–Crippen LogP) is 5.80. The highest BCUT2D eigenvalue weighted by Crippen LogP contribution is 2.36. The van der Waals surface area contributed by atoms with Gasteiger partial charge < -0.3 is 19.7 Å². The number of phenols is 1. The van der Waals surface area contributed by atoms with Gasteiger partial charge >= 0.3 is 11.9 Å². The summed E-state index contributed by atoms with van der Waals surface area (Å²) in [5, 5.41) is 18.7. The van der Waals surface area contributed by atoms with Gasteiger partial charge in [-0.25, -0.2) is 9.59 Å². The summed E-state index contributed by atoms with van der Waals surface area (Å²) in [6.45, 7) is 3.25. The minimum atomic E-state index is -1.19. The normalized spacial score (nSPS) is 10.0. The molecule has 0 fully saturated rings. The Morgan fingerprint density at radius 3 is 1.82 bits per heavy atom. The molecule has 0 atom stereocenters. The highest BCUT2D eigenvalue weighted by Gasteiger charge is 2.18. The number of hydrogen-bond donors (Lipinski definition) is 2. The Morgan fingerprint density at radius 2 is 1.36 bits per heavy atom. The Bertz CT molecular complexity index is 927. The molecule has 0 radical (unpaired) electrons. The lowest BCUT2D eigenvalue weighted by atomic mass is 10.1. The number of phenolic OH excluding ortho intramolecular Hbond substituents is 1. The molecule has 0 bridgehead atoms. The monoisotopic (exact) mass is 468 g/mol. The van der Waals surface area contributed by atoms with Crippen molar-refractivity contribution >= 4 is 58.3 Å². The van der Waals surface area contributed by atoms with Crippen LogP contribution in [0.3, 0.4) is 0 Å². The van der Waals surface area contributed by atoms with Crippen LogP contribution >= 0.6 is 46.4 Å². The maximum absolute atomic E-state index is 11.4. The van der Waals surface area contributed by atoms with Crippen molar-refractivity contribution in [3.05, 3.63) is 54.5 Å². The molecule has 0 amide bonds. The average Bonchev–Trinajstić information content (AvgIpc) is 2.67. The fraction of sp³-hybridized carbons (Fsp3) is 0.222. The standard InChI is InChI=1S/C10H10Cl2O3.C8H6Cl2O3/c1-5-8(11)6(10(13)15-3)4-7(14-2)9(5)12;1-3-6(9)4(8(12)13)2-5(11)7(3)10/h4H,1-3H3;2,11H,1H3,(H,12,13). The third kappa shape index (κ3) is 5.14. The molecule has 0 unspecified atom stereocenters. The maximum atomic E-state index is 11.4. The molecule has 0 heterocycles. The van der Waals surface area contributed by atoms with Gasteiger partial charge in [-0.05, 0) is 37.1 Å². The Balaban J connectivity index is 0.000000283. The van der Waals surface area contributed by atoms with Crippen molar-refractivity contribution < 1.29 is 29.3 Å². The van der Waals surface area contributed by atoms with Crippen molar-refractivity contribution in [3.63, 3.8) is 0 Å². The highest BCUT2D eigenvalue weighted by molar-refractivity contribution is 6.39. The smallest absolute Gasteiger partial charge is 0.339 e. The molecule has 0 aliphatic rings. The van der Waals surface area contributed by atoms with Crippen molar-refractivity contribution in [3.8, 4) is 11.5 Å². The van der Waals surface area contributed by atoms with Gasteiger partial charge in [0.2, 0.25) is 0 Å². The topological polar surface area (TPSA) is 93.1 Å². The number of rotatable bonds is 3. The van der Waals surface area contributed by atoms with Gasteiger partial charge in [0.25, 0.3) is 0 Å². The molecule has 0 saturated heterocycles. The lowest BCUT2D eigenvalue weighted by Crippen LogP contribution is -2.04. The van der Waals surface area contributed by atoms with Crippen molar-refractivity contribution in [2.45, 2.75) is 13.8 Å². The zero-order chi connectivity index (χ0) is 21.8. The lowest BCUT2D eigenvalue weighted by Gasteiger charge is -2.11. The summed E-state index contributed by atoms with van der Waals surface area (Å²) in [4.78, 5) is 22.0. The number of carbonyl (C=O) groups excluding carboxylic acids is 1. The van der Waals surface area contributed by atoms with E-state index in [4.69, 9.17) is 56.2 Å². The molecular weight excluding hydrogens is 454 g/mol. The van der Waals surface area contributed by atoms with Crippen molar-refractivity contribution in [2.24, 2.45) is 0 Å². The molecule has 152 valence electrons. The van der Waals surface area contributed by atoms with E-state index >= 15 is 0 Å². The largest absolute Gasteiger partial charge is 0.506 e. The van der Waals surface area contributed by atoms with E-state index in [9.17, 15) is 14.7 Å². The molecule has 2 N–H and O–H groups in total. The molecular formula is C18H16Cl4O6. The van der Waals surface area contributed by atoms with Gasteiger partial charge in [0.15, 0.2) is 0 Å². The summed E-state index contributed by atoms with van der Waals surface area (Å²) < 4.78 is 9.61. The minimum absolute atomic E-state index is 0.0512. The Labute approximate surface area is 181 Å². The van der Waals surface area contributed by atoms with E-state index in [1.807, 2.05) is 0 Å². The van der Waals surface area contributed by atoms with Crippen molar-refractivity contribution in [2.75, 3.05) is 14.2 Å². The van der Waals surface area contributed by atoms with Gasteiger partial charge in [-0.15, -0.1) is 0 Å². The van der Waals surface area contributed by atoms with E-state index in [2.05, 4.69) is 4.74 Å². The molecule has 10 heteroatoms. The number of ether oxygens (including phenoxy) is 2. The molecule has 0 aliphatic carbocycles. The van der Waals surface area contributed by atoms with E-state index in [1.54, 1.807) is 6.92 Å². The molecule has 0 aromatic heterocycles. The molecule has 2 aromatic rings. The SMILES string of the molecule is COC(=O)c1cc(OC)c(Cl)c(C)c1Cl.Cc1c(Cl)c(O)cc(C(=O)O)c1Cl. The molecule has 0 aliphatic heterocycles. The Hall–Kier alpha value is -1.86.